The number of hydrogen-bond donors (Lipinski definition) is 2. The molecular weight excluding hydrogens is 405 g/mol. The quantitative estimate of drug-likeness (QED) is 0.718. The SMILES string of the molecule is O=C(COC(=O)c1ccccc1O)Nc1cc(C(F)(F)F)ccc1N1CCOCC1. The second-order valence-electron chi connectivity index (χ2n) is 6.47. The van der Waals surface area contributed by atoms with Crippen LogP contribution in [0.2, 0.25) is 0 Å². The molecule has 1 aliphatic heterocycles. The van der Waals surface area contributed by atoms with Gasteiger partial charge in [-0.05, 0) is 30.3 Å². The Hall–Kier alpha value is -3.27. The molecule has 1 amide bonds. The summed E-state index contributed by atoms with van der Waals surface area (Å²) < 4.78 is 49.5. The van der Waals surface area contributed by atoms with Crippen molar-refractivity contribution >= 4 is 23.3 Å². The molecular formula is C20H19F3N2O5. The summed E-state index contributed by atoms with van der Waals surface area (Å²) in [5, 5.41) is 12.0. The van der Waals surface area contributed by atoms with E-state index in [1.165, 1.54) is 30.3 Å². The molecule has 0 saturated carbocycles. The van der Waals surface area contributed by atoms with Crippen LogP contribution in [0.4, 0.5) is 24.5 Å². The van der Waals surface area contributed by atoms with Gasteiger partial charge in [-0.25, -0.2) is 4.79 Å². The maximum Gasteiger partial charge on any atom is 0.416 e. The minimum atomic E-state index is -4.58. The van der Waals surface area contributed by atoms with Crippen molar-refractivity contribution in [3.05, 3.63) is 53.6 Å². The molecule has 1 fully saturated rings. The van der Waals surface area contributed by atoms with Gasteiger partial charge in [-0.3, -0.25) is 4.79 Å². The zero-order chi connectivity index (χ0) is 21.7. The first-order valence-corrected chi connectivity index (χ1v) is 9.04. The number of aromatic hydroxyl groups is 1. The van der Waals surface area contributed by atoms with Crippen molar-refractivity contribution < 1.29 is 37.3 Å². The van der Waals surface area contributed by atoms with E-state index in [1.807, 2.05) is 0 Å². The third-order valence-electron chi connectivity index (χ3n) is 4.41. The number of carbonyl (C=O) groups excluding carboxylic acids is 2. The van der Waals surface area contributed by atoms with Gasteiger partial charge in [0.05, 0.1) is 30.2 Å². The van der Waals surface area contributed by atoms with Gasteiger partial charge in [-0.1, -0.05) is 12.1 Å². The van der Waals surface area contributed by atoms with Gasteiger partial charge in [0.15, 0.2) is 6.61 Å². The molecule has 0 atom stereocenters. The topological polar surface area (TPSA) is 88.1 Å². The summed E-state index contributed by atoms with van der Waals surface area (Å²) >= 11 is 0. The number of esters is 1. The van der Waals surface area contributed by atoms with Crippen LogP contribution in [0.25, 0.3) is 0 Å². The summed E-state index contributed by atoms with van der Waals surface area (Å²) in [5.41, 5.74) is -0.679. The zero-order valence-corrected chi connectivity index (χ0v) is 15.7. The number of benzene rings is 2. The molecule has 0 radical (unpaired) electrons. The average Bonchev–Trinajstić information content (AvgIpc) is 2.72. The van der Waals surface area contributed by atoms with E-state index in [-0.39, 0.29) is 17.0 Å². The number of amides is 1. The molecule has 160 valence electrons. The molecule has 0 bridgehead atoms. The van der Waals surface area contributed by atoms with Crippen molar-refractivity contribution in [1.82, 2.24) is 0 Å². The van der Waals surface area contributed by atoms with Gasteiger partial charge in [0, 0.05) is 13.1 Å². The number of rotatable bonds is 5. The summed E-state index contributed by atoms with van der Waals surface area (Å²) in [6.45, 7) is 0.998. The Balaban J connectivity index is 1.73. The lowest BCUT2D eigenvalue weighted by atomic mass is 10.1. The minimum absolute atomic E-state index is 0.0460. The first-order valence-electron chi connectivity index (χ1n) is 9.04. The van der Waals surface area contributed by atoms with Crippen LogP contribution in [0, 0.1) is 0 Å². The molecule has 0 aliphatic carbocycles. The second kappa shape index (κ2) is 9.04. The van der Waals surface area contributed by atoms with Gasteiger partial charge < -0.3 is 24.8 Å². The van der Waals surface area contributed by atoms with Gasteiger partial charge >= 0.3 is 12.1 Å². The summed E-state index contributed by atoms with van der Waals surface area (Å²) in [6, 6.07) is 8.70. The Morgan fingerprint density at radius 3 is 2.50 bits per heavy atom. The third-order valence-corrected chi connectivity index (χ3v) is 4.41. The van der Waals surface area contributed by atoms with E-state index < -0.39 is 30.2 Å². The van der Waals surface area contributed by atoms with E-state index in [0.717, 1.165) is 12.1 Å². The highest BCUT2D eigenvalue weighted by atomic mass is 19.4. The van der Waals surface area contributed by atoms with Crippen LogP contribution in [0.5, 0.6) is 5.75 Å². The second-order valence-corrected chi connectivity index (χ2v) is 6.47. The summed E-state index contributed by atoms with van der Waals surface area (Å²) in [5.74, 6) is -2.05. The minimum Gasteiger partial charge on any atom is -0.507 e. The highest BCUT2D eigenvalue weighted by molar-refractivity contribution is 5.98. The fourth-order valence-electron chi connectivity index (χ4n) is 2.93. The van der Waals surface area contributed by atoms with Crippen molar-refractivity contribution in [2.45, 2.75) is 6.18 Å². The lowest BCUT2D eigenvalue weighted by Crippen LogP contribution is -2.37. The number of carbonyl (C=O) groups is 2. The van der Waals surface area contributed by atoms with Crippen LogP contribution in [0.1, 0.15) is 15.9 Å². The van der Waals surface area contributed by atoms with Crippen LogP contribution in [0.15, 0.2) is 42.5 Å². The van der Waals surface area contributed by atoms with Gasteiger partial charge in [0.2, 0.25) is 0 Å². The molecule has 0 aromatic heterocycles. The van der Waals surface area contributed by atoms with Crippen molar-refractivity contribution in [1.29, 1.82) is 0 Å². The van der Waals surface area contributed by atoms with Crippen LogP contribution in [-0.4, -0.2) is 49.9 Å². The standard InChI is InChI=1S/C20H19F3N2O5/c21-20(22,23)13-5-6-16(25-7-9-29-10-8-25)15(11-13)24-18(27)12-30-19(28)14-3-1-2-4-17(14)26/h1-6,11,26H,7-10,12H2,(H,24,27). The Labute approximate surface area is 170 Å². The van der Waals surface area contributed by atoms with E-state index in [4.69, 9.17) is 9.47 Å². The number of nitrogens with zero attached hydrogens (tertiary/aromatic N) is 1. The molecule has 2 aromatic carbocycles. The Morgan fingerprint density at radius 1 is 1.13 bits per heavy atom. The number of para-hydroxylation sites is 1. The number of hydrogen-bond acceptors (Lipinski definition) is 6. The molecule has 1 aliphatic rings. The highest BCUT2D eigenvalue weighted by Crippen LogP contribution is 2.35. The van der Waals surface area contributed by atoms with Crippen molar-refractivity contribution in [2.75, 3.05) is 43.1 Å². The Kier molecular flexibility index (Phi) is 6.46. The number of phenolic OH excluding ortho intramolecular Hbond substituents is 1. The van der Waals surface area contributed by atoms with Gasteiger partial charge in [-0.15, -0.1) is 0 Å². The summed E-state index contributed by atoms with van der Waals surface area (Å²) in [6.07, 6.45) is -4.58. The van der Waals surface area contributed by atoms with Crippen LogP contribution in [0.3, 0.4) is 0 Å². The molecule has 30 heavy (non-hydrogen) atoms. The van der Waals surface area contributed by atoms with Crippen molar-refractivity contribution in [2.24, 2.45) is 0 Å². The number of halogens is 3. The van der Waals surface area contributed by atoms with E-state index in [1.54, 1.807) is 4.90 Å². The summed E-state index contributed by atoms with van der Waals surface area (Å²) in [7, 11) is 0. The van der Waals surface area contributed by atoms with E-state index in [0.29, 0.717) is 32.0 Å². The van der Waals surface area contributed by atoms with Crippen LogP contribution >= 0.6 is 0 Å². The monoisotopic (exact) mass is 424 g/mol. The first-order chi connectivity index (χ1) is 14.3. The number of morpholine rings is 1. The Bertz CT molecular complexity index is 927. The lowest BCUT2D eigenvalue weighted by molar-refractivity contribution is -0.137. The molecule has 10 heteroatoms. The number of anilines is 2. The predicted molar refractivity (Wildman–Crippen MR) is 101 cm³/mol. The maximum absolute atomic E-state index is 13.1. The maximum atomic E-state index is 13.1. The van der Waals surface area contributed by atoms with E-state index in [2.05, 4.69) is 5.32 Å². The van der Waals surface area contributed by atoms with E-state index in [9.17, 15) is 27.9 Å². The van der Waals surface area contributed by atoms with E-state index >= 15 is 0 Å². The average molecular weight is 424 g/mol. The largest absolute Gasteiger partial charge is 0.507 e. The highest BCUT2D eigenvalue weighted by Gasteiger charge is 2.32. The third kappa shape index (κ3) is 5.20. The van der Waals surface area contributed by atoms with Gasteiger partial charge in [0.25, 0.3) is 5.91 Å². The van der Waals surface area contributed by atoms with Crippen LogP contribution < -0.4 is 10.2 Å². The molecule has 0 unspecified atom stereocenters. The molecule has 3 rings (SSSR count). The number of phenols is 1. The Morgan fingerprint density at radius 2 is 1.83 bits per heavy atom. The molecule has 7 nitrogen and oxygen atoms in total. The number of nitrogens with one attached hydrogen (secondary N) is 1. The normalized spacial score (nSPS) is 14.3. The zero-order valence-electron chi connectivity index (χ0n) is 15.7. The lowest BCUT2D eigenvalue weighted by Gasteiger charge is -2.31. The van der Waals surface area contributed by atoms with Gasteiger partial charge in [-0.2, -0.15) is 13.2 Å². The molecule has 2 aromatic rings. The fourth-order valence-corrected chi connectivity index (χ4v) is 2.93. The van der Waals surface area contributed by atoms with Crippen LogP contribution in [-0.2, 0) is 20.4 Å². The molecule has 2 N–H and O–H groups in total. The number of alkyl halides is 3. The predicted octanol–water partition coefficient (Wildman–Crippen LogP) is 3.04. The molecule has 1 heterocycles. The van der Waals surface area contributed by atoms with Crippen molar-refractivity contribution in [3.8, 4) is 5.75 Å². The number of ether oxygens (including phenoxy) is 2. The van der Waals surface area contributed by atoms with Crippen molar-refractivity contribution in [3.63, 3.8) is 0 Å². The van der Waals surface area contributed by atoms with Gasteiger partial charge in [0.1, 0.15) is 11.3 Å². The fraction of sp³-hybridized carbons (Fsp3) is 0.300. The first kappa shape index (κ1) is 21.4. The molecule has 0 spiro atoms. The summed E-state index contributed by atoms with van der Waals surface area (Å²) in [4.78, 5) is 26.0. The molecule has 1 saturated heterocycles. The smallest absolute Gasteiger partial charge is 0.416 e.